The second kappa shape index (κ2) is 6.78. The molecule has 0 aliphatic rings. The lowest BCUT2D eigenvalue weighted by molar-refractivity contribution is -0.138. The van der Waals surface area contributed by atoms with Crippen LogP contribution in [0.4, 0.5) is 11.6 Å². The average Bonchev–Trinajstić information content (AvgIpc) is 2.38. The number of methoxy groups -OCH3 is 1. The van der Waals surface area contributed by atoms with E-state index in [1.807, 2.05) is 6.07 Å². The molecule has 0 saturated carbocycles. The van der Waals surface area contributed by atoms with Crippen molar-refractivity contribution in [1.82, 2.24) is 9.97 Å². The smallest absolute Gasteiger partial charge is 0.325 e. The molecule has 100 valence electrons. The molecule has 1 rings (SSSR count). The van der Waals surface area contributed by atoms with Gasteiger partial charge in [-0.2, -0.15) is 0 Å². The number of nitrogens with one attached hydrogen (secondary N) is 1. The van der Waals surface area contributed by atoms with Crippen LogP contribution >= 0.6 is 0 Å². The van der Waals surface area contributed by atoms with E-state index in [0.29, 0.717) is 11.9 Å². The van der Waals surface area contributed by atoms with E-state index in [9.17, 15) is 4.79 Å². The molecule has 0 radical (unpaired) electrons. The number of carbonyl (C=O) groups excluding carboxylic acids is 1. The Hall–Kier alpha value is -1.85. The topological polar surface area (TPSA) is 67.4 Å². The minimum Gasteiger partial charge on any atom is -0.468 e. The van der Waals surface area contributed by atoms with Gasteiger partial charge in [-0.05, 0) is 13.3 Å². The van der Waals surface area contributed by atoms with Gasteiger partial charge in [0.05, 0.1) is 7.11 Å². The first-order valence-corrected chi connectivity index (χ1v) is 5.93. The van der Waals surface area contributed by atoms with Gasteiger partial charge < -0.3 is 15.0 Å². The Balaban J connectivity index is 2.71. The molecule has 0 bridgehead atoms. The lowest BCUT2D eigenvalue weighted by Crippen LogP contribution is -2.27. The molecule has 0 aromatic carbocycles. The van der Waals surface area contributed by atoms with Crippen molar-refractivity contribution < 1.29 is 9.53 Å². The van der Waals surface area contributed by atoms with Crippen molar-refractivity contribution in [3.8, 4) is 0 Å². The van der Waals surface area contributed by atoms with Crippen LogP contribution in [0.15, 0.2) is 12.4 Å². The molecular formula is C12H20N4O2. The monoisotopic (exact) mass is 252 g/mol. The van der Waals surface area contributed by atoms with Crippen molar-refractivity contribution in [3.05, 3.63) is 12.4 Å². The second-order valence-corrected chi connectivity index (χ2v) is 4.15. The van der Waals surface area contributed by atoms with E-state index < -0.39 is 0 Å². The quantitative estimate of drug-likeness (QED) is 0.770. The summed E-state index contributed by atoms with van der Waals surface area (Å²) in [5.41, 5.74) is 0. The zero-order valence-corrected chi connectivity index (χ0v) is 11.3. The van der Waals surface area contributed by atoms with Gasteiger partial charge in [-0.25, -0.2) is 9.97 Å². The van der Waals surface area contributed by atoms with Crippen LogP contribution in [0.2, 0.25) is 0 Å². The zero-order valence-electron chi connectivity index (χ0n) is 11.3. The highest BCUT2D eigenvalue weighted by atomic mass is 16.5. The molecule has 1 heterocycles. The Labute approximate surface area is 107 Å². The van der Waals surface area contributed by atoms with Gasteiger partial charge in [-0.3, -0.25) is 4.79 Å². The van der Waals surface area contributed by atoms with E-state index in [2.05, 4.69) is 33.9 Å². The first kappa shape index (κ1) is 14.2. The fourth-order valence-electron chi connectivity index (χ4n) is 1.33. The number of ether oxygens (including phenoxy) is 1. The van der Waals surface area contributed by atoms with Crippen molar-refractivity contribution in [1.29, 1.82) is 0 Å². The fraction of sp³-hybridized carbons (Fsp3) is 0.583. The van der Waals surface area contributed by atoms with Crippen LogP contribution in [0.25, 0.3) is 0 Å². The summed E-state index contributed by atoms with van der Waals surface area (Å²) in [6.45, 7) is 4.35. The predicted molar refractivity (Wildman–Crippen MR) is 70.7 cm³/mol. The fourth-order valence-corrected chi connectivity index (χ4v) is 1.33. The third kappa shape index (κ3) is 4.20. The summed E-state index contributed by atoms with van der Waals surface area (Å²) in [6.07, 6.45) is 2.49. The zero-order chi connectivity index (χ0) is 13.5. The van der Waals surface area contributed by atoms with E-state index in [1.165, 1.54) is 13.4 Å². The minimum atomic E-state index is -0.299. The van der Waals surface area contributed by atoms with Crippen LogP contribution in [0.5, 0.6) is 0 Å². The van der Waals surface area contributed by atoms with Gasteiger partial charge >= 0.3 is 5.97 Å². The van der Waals surface area contributed by atoms with E-state index >= 15 is 0 Å². The number of aromatic nitrogens is 2. The first-order valence-electron chi connectivity index (χ1n) is 5.93. The van der Waals surface area contributed by atoms with E-state index in [1.54, 1.807) is 11.9 Å². The van der Waals surface area contributed by atoms with Crippen molar-refractivity contribution in [2.75, 3.05) is 30.9 Å². The molecule has 18 heavy (non-hydrogen) atoms. The van der Waals surface area contributed by atoms with Crippen molar-refractivity contribution in [2.45, 2.75) is 26.3 Å². The maximum absolute atomic E-state index is 11.2. The van der Waals surface area contributed by atoms with Crippen LogP contribution in [0.3, 0.4) is 0 Å². The standard InChI is InChI=1S/C12H20N4O2/c1-5-9(2)15-10-6-11(14-8-13-10)16(3)7-12(17)18-4/h6,8-9H,5,7H2,1-4H3,(H,13,14,15). The van der Waals surface area contributed by atoms with E-state index in [-0.39, 0.29) is 12.5 Å². The van der Waals surface area contributed by atoms with Crippen LogP contribution in [0.1, 0.15) is 20.3 Å². The Morgan fingerprint density at radius 2 is 2.28 bits per heavy atom. The highest BCUT2D eigenvalue weighted by molar-refractivity contribution is 5.75. The molecule has 0 spiro atoms. The molecule has 1 N–H and O–H groups in total. The molecule has 0 amide bonds. The lowest BCUT2D eigenvalue weighted by atomic mass is 10.2. The van der Waals surface area contributed by atoms with Gasteiger partial charge in [0.15, 0.2) is 0 Å². The third-order valence-electron chi connectivity index (χ3n) is 2.64. The number of anilines is 2. The average molecular weight is 252 g/mol. The number of hydrogen-bond acceptors (Lipinski definition) is 6. The van der Waals surface area contributed by atoms with Crippen molar-refractivity contribution in [3.63, 3.8) is 0 Å². The summed E-state index contributed by atoms with van der Waals surface area (Å²) in [4.78, 5) is 21.2. The van der Waals surface area contributed by atoms with Gasteiger partial charge in [0.1, 0.15) is 24.5 Å². The minimum absolute atomic E-state index is 0.163. The number of esters is 1. The lowest BCUT2D eigenvalue weighted by Gasteiger charge is -2.18. The summed E-state index contributed by atoms with van der Waals surface area (Å²) in [6, 6.07) is 2.16. The highest BCUT2D eigenvalue weighted by Crippen LogP contribution is 2.13. The SMILES string of the molecule is CCC(C)Nc1cc(N(C)CC(=O)OC)ncn1. The Morgan fingerprint density at radius 3 is 2.89 bits per heavy atom. The second-order valence-electron chi connectivity index (χ2n) is 4.15. The summed E-state index contributed by atoms with van der Waals surface area (Å²) >= 11 is 0. The molecule has 0 fully saturated rings. The summed E-state index contributed by atoms with van der Waals surface area (Å²) < 4.78 is 4.61. The third-order valence-corrected chi connectivity index (χ3v) is 2.64. The molecule has 6 nitrogen and oxygen atoms in total. The summed E-state index contributed by atoms with van der Waals surface area (Å²) in [7, 11) is 3.15. The molecule has 0 saturated heterocycles. The first-order chi connectivity index (χ1) is 8.56. The van der Waals surface area contributed by atoms with Crippen molar-refractivity contribution >= 4 is 17.6 Å². The Kier molecular flexibility index (Phi) is 5.35. The highest BCUT2D eigenvalue weighted by Gasteiger charge is 2.10. The number of nitrogens with zero attached hydrogens (tertiary/aromatic N) is 3. The van der Waals surface area contributed by atoms with Gasteiger partial charge in [-0.1, -0.05) is 6.92 Å². The molecular weight excluding hydrogens is 232 g/mol. The molecule has 0 aliphatic carbocycles. The van der Waals surface area contributed by atoms with Crippen LogP contribution in [0, 0.1) is 0 Å². The Morgan fingerprint density at radius 1 is 1.56 bits per heavy atom. The molecule has 1 unspecified atom stereocenters. The van der Waals surface area contributed by atoms with Crippen molar-refractivity contribution in [2.24, 2.45) is 0 Å². The van der Waals surface area contributed by atoms with Gasteiger partial charge in [-0.15, -0.1) is 0 Å². The summed E-state index contributed by atoms with van der Waals surface area (Å²) in [5.74, 6) is 1.14. The van der Waals surface area contributed by atoms with Crippen LogP contribution in [-0.2, 0) is 9.53 Å². The molecule has 1 aromatic rings. The molecule has 1 aromatic heterocycles. The predicted octanol–water partition coefficient (Wildman–Crippen LogP) is 1.30. The van der Waals surface area contributed by atoms with E-state index in [0.717, 1.165) is 12.2 Å². The van der Waals surface area contributed by atoms with Gasteiger partial charge in [0.25, 0.3) is 0 Å². The van der Waals surface area contributed by atoms with Gasteiger partial charge in [0.2, 0.25) is 0 Å². The van der Waals surface area contributed by atoms with Gasteiger partial charge in [0, 0.05) is 19.2 Å². The molecule has 6 heteroatoms. The van der Waals surface area contributed by atoms with Crippen LogP contribution < -0.4 is 10.2 Å². The largest absolute Gasteiger partial charge is 0.468 e. The maximum Gasteiger partial charge on any atom is 0.325 e. The van der Waals surface area contributed by atoms with E-state index in [4.69, 9.17) is 0 Å². The molecule has 1 atom stereocenters. The maximum atomic E-state index is 11.2. The number of carbonyl (C=O) groups is 1. The molecule has 0 aliphatic heterocycles. The Bertz CT molecular complexity index is 397. The number of likely N-dealkylation sites (N-methyl/N-ethyl adjacent to an activating group) is 1. The summed E-state index contributed by atoms with van der Waals surface area (Å²) in [5, 5.41) is 3.26. The van der Waals surface area contributed by atoms with Crippen LogP contribution in [-0.4, -0.2) is 42.7 Å². The number of rotatable bonds is 6. The number of hydrogen-bond donors (Lipinski definition) is 1. The normalized spacial score (nSPS) is 11.8.